The van der Waals surface area contributed by atoms with Crippen molar-refractivity contribution < 1.29 is 30.7 Å². The van der Waals surface area contributed by atoms with Crippen LogP contribution in [0.1, 0.15) is 0 Å². The third-order valence-corrected chi connectivity index (χ3v) is 4.33. The van der Waals surface area contributed by atoms with Gasteiger partial charge in [-0.25, -0.2) is 30.7 Å². The molecule has 136 valence electrons. The summed E-state index contributed by atoms with van der Waals surface area (Å²) in [5.74, 6) is -10.5. The molecule has 0 saturated carbocycles. The molecule has 0 saturated heterocycles. The summed E-state index contributed by atoms with van der Waals surface area (Å²) < 4.78 is 98.3. The van der Waals surface area contributed by atoms with E-state index < -0.39 is 51.8 Å². The number of fused-ring (bicyclic) bond motifs is 2. The molecule has 4 aromatic rings. The number of benzene rings is 4. The van der Waals surface area contributed by atoms with Crippen molar-refractivity contribution in [2.24, 2.45) is 0 Å². The van der Waals surface area contributed by atoms with Crippen LogP contribution in [0, 0.1) is 40.7 Å². The fraction of sp³-hybridized carbons (Fsp3) is 0. The van der Waals surface area contributed by atoms with Crippen LogP contribution in [0.15, 0.2) is 42.5 Å². The smallest absolute Gasteiger partial charge is 0.169 e. The van der Waals surface area contributed by atoms with Gasteiger partial charge in [0.25, 0.3) is 0 Å². The molecule has 0 radical (unpaired) electrons. The zero-order valence-electron chi connectivity index (χ0n) is 13.2. The van der Waals surface area contributed by atoms with Crippen LogP contribution in [-0.4, -0.2) is 0 Å². The van der Waals surface area contributed by atoms with Gasteiger partial charge in [0.1, 0.15) is 5.82 Å². The van der Waals surface area contributed by atoms with Gasteiger partial charge in [-0.2, -0.15) is 0 Å². The Bertz CT molecular complexity index is 1220. The Morgan fingerprint density at radius 1 is 0.481 bits per heavy atom. The average Bonchev–Trinajstić information content (AvgIpc) is 2.61. The van der Waals surface area contributed by atoms with Gasteiger partial charge in [-0.15, -0.1) is 0 Å². The van der Waals surface area contributed by atoms with Crippen LogP contribution < -0.4 is 0 Å². The molecule has 0 atom stereocenters. The van der Waals surface area contributed by atoms with Crippen LogP contribution in [0.2, 0.25) is 0 Å². The van der Waals surface area contributed by atoms with Crippen molar-refractivity contribution in [3.05, 3.63) is 83.2 Å². The molecular formula is C20H7F7. The maximum Gasteiger partial charge on any atom is 0.169 e. The predicted molar refractivity (Wildman–Crippen MR) is 86.6 cm³/mol. The molecule has 0 spiro atoms. The molecule has 0 aliphatic heterocycles. The topological polar surface area (TPSA) is 0 Å². The summed E-state index contributed by atoms with van der Waals surface area (Å²) >= 11 is 0. The number of rotatable bonds is 1. The zero-order chi connectivity index (χ0) is 19.5. The van der Waals surface area contributed by atoms with E-state index in [1.165, 1.54) is 18.2 Å². The molecule has 4 aromatic carbocycles. The Kier molecular flexibility index (Phi) is 3.83. The highest BCUT2D eigenvalue weighted by Crippen LogP contribution is 2.41. The maximum atomic E-state index is 14.5. The van der Waals surface area contributed by atoms with Gasteiger partial charge in [0.05, 0.1) is 5.56 Å². The predicted octanol–water partition coefficient (Wildman–Crippen LogP) is 6.63. The molecule has 4 rings (SSSR count). The van der Waals surface area contributed by atoms with Crippen LogP contribution in [0.5, 0.6) is 0 Å². The molecule has 0 nitrogen and oxygen atoms in total. The summed E-state index contributed by atoms with van der Waals surface area (Å²) in [7, 11) is 0. The third kappa shape index (κ3) is 2.53. The van der Waals surface area contributed by atoms with Crippen molar-refractivity contribution in [1.29, 1.82) is 0 Å². The fourth-order valence-electron chi connectivity index (χ4n) is 3.18. The summed E-state index contributed by atoms with van der Waals surface area (Å²) in [6.45, 7) is 0. The van der Waals surface area contributed by atoms with E-state index in [9.17, 15) is 30.7 Å². The van der Waals surface area contributed by atoms with Gasteiger partial charge in [-0.3, -0.25) is 0 Å². The van der Waals surface area contributed by atoms with E-state index >= 15 is 0 Å². The van der Waals surface area contributed by atoms with E-state index in [-0.39, 0.29) is 27.6 Å². The molecule has 0 bridgehead atoms. The van der Waals surface area contributed by atoms with Crippen molar-refractivity contribution in [2.75, 3.05) is 0 Å². The van der Waals surface area contributed by atoms with Gasteiger partial charge in [-0.1, -0.05) is 12.1 Å². The first kappa shape index (κ1) is 17.3. The Hall–Kier alpha value is -3.09. The van der Waals surface area contributed by atoms with Gasteiger partial charge < -0.3 is 0 Å². The first-order chi connectivity index (χ1) is 12.8. The third-order valence-electron chi connectivity index (χ3n) is 4.33. The highest BCUT2D eigenvalue weighted by Gasteiger charge is 2.25. The minimum absolute atomic E-state index is 0.0120. The van der Waals surface area contributed by atoms with Gasteiger partial charge in [0.15, 0.2) is 34.9 Å². The zero-order valence-corrected chi connectivity index (χ0v) is 13.2. The Balaban J connectivity index is 2.34. The molecule has 0 amide bonds. The lowest BCUT2D eigenvalue weighted by molar-refractivity contribution is 0.458. The van der Waals surface area contributed by atoms with Gasteiger partial charge in [0.2, 0.25) is 0 Å². The van der Waals surface area contributed by atoms with E-state index in [1.54, 1.807) is 0 Å². The SMILES string of the molecule is Fc1cc2cc3cccc(F)c3c(-c3c(F)c(F)cc(F)c3F)c2cc1F. The number of halogens is 7. The highest BCUT2D eigenvalue weighted by atomic mass is 19.2. The largest absolute Gasteiger partial charge is 0.206 e. The monoisotopic (exact) mass is 380 g/mol. The van der Waals surface area contributed by atoms with E-state index in [0.717, 1.165) is 12.1 Å². The second-order valence-electron chi connectivity index (χ2n) is 5.92. The molecule has 0 heterocycles. The molecule has 0 unspecified atom stereocenters. The summed E-state index contributed by atoms with van der Waals surface area (Å²) in [4.78, 5) is 0. The van der Waals surface area contributed by atoms with Gasteiger partial charge >= 0.3 is 0 Å². The molecule has 0 aliphatic carbocycles. The Morgan fingerprint density at radius 3 is 1.78 bits per heavy atom. The summed E-state index contributed by atoms with van der Waals surface area (Å²) in [5, 5.41) is -0.606. The van der Waals surface area contributed by atoms with E-state index in [4.69, 9.17) is 0 Å². The van der Waals surface area contributed by atoms with E-state index in [2.05, 4.69) is 0 Å². The van der Waals surface area contributed by atoms with Crippen molar-refractivity contribution in [2.45, 2.75) is 0 Å². The summed E-state index contributed by atoms with van der Waals surface area (Å²) in [6, 6.07) is 6.30. The standard InChI is InChI=1S/C20H7F7/c21-11-3-1-2-8-4-9-5-12(22)13(23)6-10(9)17(16(8)11)18-19(26)14(24)7-15(25)20(18)27/h1-7H. The number of hydrogen-bond donors (Lipinski definition) is 0. The average molecular weight is 380 g/mol. The molecule has 7 heteroatoms. The first-order valence-electron chi connectivity index (χ1n) is 7.63. The van der Waals surface area contributed by atoms with Crippen LogP contribution >= 0.6 is 0 Å². The molecule has 0 N–H and O–H groups in total. The Labute approximate surface area is 147 Å². The van der Waals surface area contributed by atoms with E-state index in [1.807, 2.05) is 0 Å². The molecule has 27 heavy (non-hydrogen) atoms. The van der Waals surface area contributed by atoms with Gasteiger partial charge in [-0.05, 0) is 40.4 Å². The lowest BCUT2D eigenvalue weighted by atomic mass is 9.91. The first-order valence-corrected chi connectivity index (χ1v) is 7.63. The van der Waals surface area contributed by atoms with Crippen molar-refractivity contribution in [3.63, 3.8) is 0 Å². The van der Waals surface area contributed by atoms with Gasteiger partial charge in [0, 0.05) is 17.0 Å². The van der Waals surface area contributed by atoms with Crippen LogP contribution in [0.25, 0.3) is 32.7 Å². The molecule has 0 aliphatic rings. The second-order valence-corrected chi connectivity index (χ2v) is 5.92. The summed E-state index contributed by atoms with van der Waals surface area (Å²) in [5.41, 5.74) is -1.80. The lowest BCUT2D eigenvalue weighted by Gasteiger charge is -2.15. The normalized spacial score (nSPS) is 11.5. The summed E-state index contributed by atoms with van der Waals surface area (Å²) in [6.07, 6.45) is 0. The second kappa shape index (κ2) is 5.97. The van der Waals surface area contributed by atoms with Crippen molar-refractivity contribution in [1.82, 2.24) is 0 Å². The highest BCUT2D eigenvalue weighted by molar-refractivity contribution is 6.13. The minimum atomic E-state index is -1.77. The molecule has 0 aromatic heterocycles. The van der Waals surface area contributed by atoms with Crippen molar-refractivity contribution in [3.8, 4) is 11.1 Å². The Morgan fingerprint density at radius 2 is 1.11 bits per heavy atom. The lowest BCUT2D eigenvalue weighted by Crippen LogP contribution is -2.01. The quantitative estimate of drug-likeness (QED) is 0.197. The minimum Gasteiger partial charge on any atom is -0.206 e. The van der Waals surface area contributed by atoms with Crippen molar-refractivity contribution >= 4 is 21.5 Å². The number of hydrogen-bond acceptors (Lipinski definition) is 0. The van der Waals surface area contributed by atoms with Crippen LogP contribution in [0.4, 0.5) is 30.7 Å². The fourth-order valence-corrected chi connectivity index (χ4v) is 3.18. The molecular weight excluding hydrogens is 373 g/mol. The van der Waals surface area contributed by atoms with E-state index in [0.29, 0.717) is 6.07 Å². The van der Waals surface area contributed by atoms with Crippen LogP contribution in [-0.2, 0) is 0 Å². The molecule has 0 fully saturated rings. The van der Waals surface area contributed by atoms with Crippen LogP contribution in [0.3, 0.4) is 0 Å². The maximum absolute atomic E-state index is 14.5.